The topological polar surface area (TPSA) is 78.3 Å². The van der Waals surface area contributed by atoms with Crippen molar-refractivity contribution in [1.29, 1.82) is 0 Å². The standard InChI is InChI=1S/C23H27ClN4O3/c1-23(2,3)31-22(29)26-14-9-10-16(19(11-14)30-4)18-13-28(15-7-5-6-8-15)20-17(18)12-25-21(24)27-20/h9-13,15H,5-8H2,1-4H3,(H,26,29). The first kappa shape index (κ1) is 21.4. The van der Waals surface area contributed by atoms with Crippen LogP contribution in [0.2, 0.25) is 5.28 Å². The van der Waals surface area contributed by atoms with Gasteiger partial charge in [-0.2, -0.15) is 4.98 Å². The highest BCUT2D eigenvalue weighted by Gasteiger charge is 2.23. The summed E-state index contributed by atoms with van der Waals surface area (Å²) in [7, 11) is 1.61. The van der Waals surface area contributed by atoms with E-state index in [9.17, 15) is 4.79 Å². The lowest BCUT2D eigenvalue weighted by Gasteiger charge is -2.20. The van der Waals surface area contributed by atoms with Crippen LogP contribution in [0.3, 0.4) is 0 Å². The lowest BCUT2D eigenvalue weighted by molar-refractivity contribution is 0.0636. The molecule has 31 heavy (non-hydrogen) atoms. The van der Waals surface area contributed by atoms with Crippen molar-refractivity contribution in [2.24, 2.45) is 0 Å². The maximum atomic E-state index is 12.1. The molecule has 0 unspecified atom stereocenters. The van der Waals surface area contributed by atoms with Crippen molar-refractivity contribution < 1.29 is 14.3 Å². The van der Waals surface area contributed by atoms with E-state index in [-0.39, 0.29) is 5.28 Å². The lowest BCUT2D eigenvalue weighted by Crippen LogP contribution is -2.27. The van der Waals surface area contributed by atoms with Crippen LogP contribution >= 0.6 is 11.6 Å². The summed E-state index contributed by atoms with van der Waals surface area (Å²) in [4.78, 5) is 20.9. The average Bonchev–Trinajstić information content (AvgIpc) is 3.34. The van der Waals surface area contributed by atoms with Crippen LogP contribution in [-0.2, 0) is 4.74 Å². The first-order chi connectivity index (χ1) is 14.7. The minimum absolute atomic E-state index is 0.236. The number of benzene rings is 1. The SMILES string of the molecule is COc1cc(NC(=O)OC(C)(C)C)ccc1-c1cn(C2CCCC2)c2nc(Cl)ncc12. The number of ether oxygens (including phenoxy) is 2. The molecule has 7 nitrogen and oxygen atoms in total. The molecule has 1 N–H and O–H groups in total. The predicted octanol–water partition coefficient (Wildman–Crippen LogP) is 6.22. The second-order valence-electron chi connectivity index (χ2n) is 8.81. The molecule has 1 aliphatic carbocycles. The van der Waals surface area contributed by atoms with Gasteiger partial charge in [-0.1, -0.05) is 12.8 Å². The molecule has 0 radical (unpaired) electrons. The van der Waals surface area contributed by atoms with Crippen LogP contribution in [0.4, 0.5) is 10.5 Å². The van der Waals surface area contributed by atoms with Crippen LogP contribution < -0.4 is 10.1 Å². The number of anilines is 1. The fraction of sp³-hybridized carbons (Fsp3) is 0.435. The number of nitrogens with zero attached hydrogens (tertiary/aromatic N) is 3. The summed E-state index contributed by atoms with van der Waals surface area (Å²) >= 11 is 6.11. The van der Waals surface area contributed by atoms with E-state index in [0.29, 0.717) is 17.5 Å². The molecule has 0 saturated heterocycles. The van der Waals surface area contributed by atoms with E-state index in [1.165, 1.54) is 12.8 Å². The molecule has 1 aliphatic rings. The van der Waals surface area contributed by atoms with Gasteiger partial charge in [0.25, 0.3) is 0 Å². The van der Waals surface area contributed by atoms with Gasteiger partial charge in [0.15, 0.2) is 0 Å². The third-order valence-corrected chi connectivity index (χ3v) is 5.58. The normalized spacial score (nSPS) is 14.7. The van der Waals surface area contributed by atoms with Gasteiger partial charge < -0.3 is 14.0 Å². The Labute approximate surface area is 186 Å². The summed E-state index contributed by atoms with van der Waals surface area (Å²) < 4.78 is 13.2. The zero-order valence-electron chi connectivity index (χ0n) is 18.2. The van der Waals surface area contributed by atoms with Gasteiger partial charge in [0.05, 0.1) is 7.11 Å². The number of nitrogens with one attached hydrogen (secondary N) is 1. The van der Waals surface area contributed by atoms with Crippen molar-refractivity contribution in [1.82, 2.24) is 14.5 Å². The third kappa shape index (κ3) is 4.61. The quantitative estimate of drug-likeness (QED) is 0.485. The largest absolute Gasteiger partial charge is 0.496 e. The summed E-state index contributed by atoms with van der Waals surface area (Å²) in [6, 6.07) is 5.95. The molecular weight excluding hydrogens is 416 g/mol. The van der Waals surface area contributed by atoms with Crippen LogP contribution in [0.25, 0.3) is 22.2 Å². The van der Waals surface area contributed by atoms with Crippen LogP contribution in [-0.4, -0.2) is 33.3 Å². The van der Waals surface area contributed by atoms with Gasteiger partial charge in [-0.3, -0.25) is 5.32 Å². The molecule has 1 fully saturated rings. The number of fused-ring (bicyclic) bond motifs is 1. The molecule has 2 aromatic heterocycles. The molecule has 164 valence electrons. The Balaban J connectivity index is 1.73. The van der Waals surface area contributed by atoms with E-state index < -0.39 is 11.7 Å². The van der Waals surface area contributed by atoms with E-state index in [1.807, 2.05) is 32.9 Å². The number of halogens is 1. The smallest absolute Gasteiger partial charge is 0.412 e. The lowest BCUT2D eigenvalue weighted by atomic mass is 10.0. The fourth-order valence-corrected chi connectivity index (χ4v) is 4.23. The average molecular weight is 443 g/mol. The second-order valence-corrected chi connectivity index (χ2v) is 9.14. The second kappa shape index (κ2) is 8.38. The Hall–Kier alpha value is -2.80. The van der Waals surface area contributed by atoms with Gasteiger partial charge in [-0.05, 0) is 57.3 Å². The zero-order valence-corrected chi connectivity index (χ0v) is 19.0. The Bertz CT molecular complexity index is 1110. The van der Waals surface area contributed by atoms with Gasteiger partial charge in [0.2, 0.25) is 5.28 Å². The van der Waals surface area contributed by atoms with Gasteiger partial charge in [0.1, 0.15) is 17.0 Å². The molecule has 8 heteroatoms. The maximum absolute atomic E-state index is 12.1. The highest BCUT2D eigenvalue weighted by Crippen LogP contribution is 2.40. The van der Waals surface area contributed by atoms with Gasteiger partial charge >= 0.3 is 6.09 Å². The molecule has 1 aromatic carbocycles. The van der Waals surface area contributed by atoms with Crippen molar-refractivity contribution in [2.75, 3.05) is 12.4 Å². The van der Waals surface area contributed by atoms with E-state index in [2.05, 4.69) is 26.0 Å². The van der Waals surface area contributed by atoms with Crippen molar-refractivity contribution in [2.45, 2.75) is 58.1 Å². The van der Waals surface area contributed by atoms with Crippen LogP contribution in [0.5, 0.6) is 5.75 Å². The number of hydrogen-bond donors (Lipinski definition) is 1. The van der Waals surface area contributed by atoms with Crippen LogP contribution in [0, 0.1) is 0 Å². The van der Waals surface area contributed by atoms with Gasteiger partial charge in [-0.15, -0.1) is 0 Å². The van der Waals surface area contributed by atoms with E-state index in [4.69, 9.17) is 21.1 Å². The minimum atomic E-state index is -0.572. The number of hydrogen-bond acceptors (Lipinski definition) is 5. The van der Waals surface area contributed by atoms with Gasteiger partial charge in [0, 0.05) is 46.7 Å². The first-order valence-corrected chi connectivity index (χ1v) is 10.8. The molecule has 0 atom stereocenters. The molecule has 1 amide bonds. The highest BCUT2D eigenvalue weighted by molar-refractivity contribution is 6.28. The number of rotatable bonds is 4. The van der Waals surface area contributed by atoms with Crippen molar-refractivity contribution >= 4 is 34.4 Å². The minimum Gasteiger partial charge on any atom is -0.496 e. The van der Waals surface area contributed by atoms with Crippen LogP contribution in [0.15, 0.2) is 30.6 Å². The number of carbonyl (C=O) groups is 1. The van der Waals surface area contributed by atoms with Crippen molar-refractivity contribution in [3.8, 4) is 16.9 Å². The summed E-state index contributed by atoms with van der Waals surface area (Å²) in [5, 5.41) is 3.91. The number of methoxy groups -OCH3 is 1. The summed E-state index contributed by atoms with van der Waals surface area (Å²) in [6.07, 6.45) is 8.05. The number of amides is 1. The monoisotopic (exact) mass is 442 g/mol. The number of aromatic nitrogens is 3. The first-order valence-electron chi connectivity index (χ1n) is 10.5. The Morgan fingerprint density at radius 2 is 1.97 bits per heavy atom. The zero-order chi connectivity index (χ0) is 22.2. The summed E-state index contributed by atoms with van der Waals surface area (Å²) in [5.74, 6) is 0.633. The molecule has 2 heterocycles. The number of carbonyl (C=O) groups excluding carboxylic acids is 1. The Morgan fingerprint density at radius 1 is 1.23 bits per heavy atom. The van der Waals surface area contributed by atoms with E-state index >= 15 is 0 Å². The van der Waals surface area contributed by atoms with Crippen molar-refractivity contribution in [3.63, 3.8) is 0 Å². The molecule has 4 rings (SSSR count). The molecular formula is C23H27ClN4O3. The third-order valence-electron chi connectivity index (χ3n) is 5.40. The molecule has 0 bridgehead atoms. The van der Waals surface area contributed by atoms with Crippen LogP contribution in [0.1, 0.15) is 52.5 Å². The Morgan fingerprint density at radius 3 is 2.65 bits per heavy atom. The molecule has 0 spiro atoms. The van der Waals surface area contributed by atoms with E-state index in [0.717, 1.165) is 35.0 Å². The predicted molar refractivity (Wildman–Crippen MR) is 122 cm³/mol. The summed E-state index contributed by atoms with van der Waals surface area (Å²) in [5.41, 5.74) is 2.72. The molecule has 3 aromatic rings. The van der Waals surface area contributed by atoms with Crippen molar-refractivity contribution in [3.05, 3.63) is 35.9 Å². The molecule has 0 aliphatic heterocycles. The highest BCUT2D eigenvalue weighted by atomic mass is 35.5. The molecule has 1 saturated carbocycles. The van der Waals surface area contributed by atoms with Gasteiger partial charge in [-0.25, -0.2) is 9.78 Å². The maximum Gasteiger partial charge on any atom is 0.412 e. The fourth-order valence-electron chi connectivity index (χ4n) is 4.10. The Kier molecular flexibility index (Phi) is 5.79. The summed E-state index contributed by atoms with van der Waals surface area (Å²) in [6.45, 7) is 5.47. The van der Waals surface area contributed by atoms with E-state index in [1.54, 1.807) is 19.4 Å².